The van der Waals surface area contributed by atoms with Crippen LogP contribution in [0, 0.1) is 0 Å². The molecule has 1 fully saturated rings. The minimum atomic E-state index is -0.224. The van der Waals surface area contributed by atoms with Crippen molar-refractivity contribution in [3.05, 3.63) is 70.2 Å². The van der Waals surface area contributed by atoms with Gasteiger partial charge in [-0.15, -0.1) is 0 Å². The van der Waals surface area contributed by atoms with E-state index in [9.17, 15) is 14.7 Å². The Morgan fingerprint density at radius 1 is 0.967 bits per heavy atom. The van der Waals surface area contributed by atoms with Crippen molar-refractivity contribution in [3.63, 3.8) is 0 Å². The van der Waals surface area contributed by atoms with Gasteiger partial charge >= 0.3 is 0 Å². The molecule has 0 aromatic heterocycles. The van der Waals surface area contributed by atoms with E-state index in [1.54, 1.807) is 24.3 Å². The Hall–Kier alpha value is -2.41. The van der Waals surface area contributed by atoms with Crippen molar-refractivity contribution in [1.82, 2.24) is 15.5 Å². The third-order valence-corrected chi connectivity index (χ3v) is 5.47. The zero-order valence-corrected chi connectivity index (χ0v) is 17.7. The first-order valence-electron chi connectivity index (χ1n) is 10.3. The van der Waals surface area contributed by atoms with Crippen molar-refractivity contribution >= 4 is 23.4 Å². The van der Waals surface area contributed by atoms with Gasteiger partial charge in [0, 0.05) is 49.7 Å². The number of aliphatic hydroxyl groups is 1. The number of aliphatic hydroxyl groups excluding tert-OH is 1. The van der Waals surface area contributed by atoms with Gasteiger partial charge in [0.2, 0.25) is 5.91 Å². The van der Waals surface area contributed by atoms with Crippen molar-refractivity contribution in [1.29, 1.82) is 0 Å². The van der Waals surface area contributed by atoms with E-state index in [1.807, 2.05) is 12.1 Å². The number of likely N-dealkylation sites (tertiary alicyclic amines) is 1. The van der Waals surface area contributed by atoms with E-state index in [-0.39, 0.29) is 30.9 Å². The lowest BCUT2D eigenvalue weighted by atomic mass is 10.1. The van der Waals surface area contributed by atoms with Crippen molar-refractivity contribution in [2.24, 2.45) is 0 Å². The third kappa shape index (κ3) is 7.13. The lowest BCUT2D eigenvalue weighted by Crippen LogP contribution is -2.35. The van der Waals surface area contributed by atoms with Crippen LogP contribution in [-0.2, 0) is 17.9 Å². The Kier molecular flexibility index (Phi) is 8.25. The SMILES string of the molecule is O=C(CCNC(=O)c1ccc(Cl)cc1)NCc1ccc(CN2CCC(O)CC2)cc1. The second-order valence-electron chi connectivity index (χ2n) is 7.61. The molecular formula is C23H28ClN3O3. The molecule has 6 nitrogen and oxygen atoms in total. The first kappa shape index (κ1) is 22.3. The van der Waals surface area contributed by atoms with Gasteiger partial charge in [-0.25, -0.2) is 0 Å². The summed E-state index contributed by atoms with van der Waals surface area (Å²) in [6.45, 7) is 3.46. The Labute approximate surface area is 182 Å². The zero-order chi connectivity index (χ0) is 21.3. The largest absolute Gasteiger partial charge is 0.393 e. The highest BCUT2D eigenvalue weighted by Gasteiger charge is 2.16. The summed E-state index contributed by atoms with van der Waals surface area (Å²) in [5, 5.41) is 15.8. The number of carbonyl (C=O) groups is 2. The summed E-state index contributed by atoms with van der Waals surface area (Å²) in [4.78, 5) is 26.4. The summed E-state index contributed by atoms with van der Waals surface area (Å²) in [6.07, 6.45) is 1.74. The Morgan fingerprint density at radius 2 is 1.60 bits per heavy atom. The second-order valence-corrected chi connectivity index (χ2v) is 8.05. The first-order valence-corrected chi connectivity index (χ1v) is 10.7. The molecule has 1 aliphatic heterocycles. The van der Waals surface area contributed by atoms with Crippen molar-refractivity contribution in [3.8, 4) is 0 Å². The van der Waals surface area contributed by atoms with Crippen LogP contribution in [-0.4, -0.2) is 47.6 Å². The fraction of sp³-hybridized carbons (Fsp3) is 0.391. The molecular weight excluding hydrogens is 402 g/mol. The Balaban J connectivity index is 1.34. The maximum Gasteiger partial charge on any atom is 0.251 e. The molecule has 1 aliphatic rings. The molecule has 1 heterocycles. The molecule has 0 saturated carbocycles. The maximum absolute atomic E-state index is 12.0. The van der Waals surface area contributed by atoms with Gasteiger partial charge in [-0.1, -0.05) is 35.9 Å². The van der Waals surface area contributed by atoms with E-state index in [1.165, 1.54) is 5.56 Å². The number of benzene rings is 2. The van der Waals surface area contributed by atoms with E-state index < -0.39 is 0 Å². The number of nitrogens with one attached hydrogen (secondary N) is 2. The highest BCUT2D eigenvalue weighted by molar-refractivity contribution is 6.30. The number of hydrogen-bond acceptors (Lipinski definition) is 4. The predicted molar refractivity (Wildman–Crippen MR) is 117 cm³/mol. The molecule has 0 radical (unpaired) electrons. The van der Waals surface area contributed by atoms with E-state index in [4.69, 9.17) is 11.6 Å². The van der Waals surface area contributed by atoms with Crippen molar-refractivity contribution in [2.45, 2.75) is 38.5 Å². The van der Waals surface area contributed by atoms with E-state index in [2.05, 4.69) is 27.7 Å². The van der Waals surface area contributed by atoms with Gasteiger partial charge in [0.1, 0.15) is 0 Å². The number of rotatable bonds is 8. The quantitative estimate of drug-likeness (QED) is 0.602. The minimum Gasteiger partial charge on any atom is -0.393 e. The lowest BCUT2D eigenvalue weighted by molar-refractivity contribution is -0.121. The van der Waals surface area contributed by atoms with Crippen LogP contribution in [0.1, 0.15) is 40.7 Å². The van der Waals surface area contributed by atoms with Gasteiger partial charge in [0.25, 0.3) is 5.91 Å². The smallest absolute Gasteiger partial charge is 0.251 e. The predicted octanol–water partition coefficient (Wildman–Crippen LogP) is 2.73. The van der Waals surface area contributed by atoms with Crippen LogP contribution in [0.25, 0.3) is 0 Å². The van der Waals surface area contributed by atoms with Crippen LogP contribution in [0.5, 0.6) is 0 Å². The Bertz CT molecular complexity index is 832. The van der Waals surface area contributed by atoms with Gasteiger partial charge < -0.3 is 15.7 Å². The Morgan fingerprint density at radius 3 is 2.27 bits per heavy atom. The first-order chi connectivity index (χ1) is 14.5. The van der Waals surface area contributed by atoms with E-state index in [0.29, 0.717) is 17.1 Å². The van der Waals surface area contributed by atoms with Crippen molar-refractivity contribution < 1.29 is 14.7 Å². The standard InChI is InChI=1S/C23H28ClN3O3/c24-20-7-5-19(6-8-20)23(30)25-12-9-22(29)26-15-17-1-3-18(4-2-17)16-27-13-10-21(28)11-14-27/h1-8,21,28H,9-16H2,(H,25,30)(H,26,29). The molecule has 0 spiro atoms. The lowest BCUT2D eigenvalue weighted by Gasteiger charge is -2.29. The summed E-state index contributed by atoms with van der Waals surface area (Å²) in [5.41, 5.74) is 2.78. The highest BCUT2D eigenvalue weighted by Crippen LogP contribution is 2.14. The van der Waals surface area contributed by atoms with Gasteiger partial charge in [-0.2, -0.15) is 0 Å². The number of piperidine rings is 1. The highest BCUT2D eigenvalue weighted by atomic mass is 35.5. The molecule has 3 rings (SSSR count). The average Bonchev–Trinajstić information content (AvgIpc) is 2.75. The van der Waals surface area contributed by atoms with Crippen LogP contribution in [0.4, 0.5) is 0 Å². The van der Waals surface area contributed by atoms with Crippen LogP contribution >= 0.6 is 11.6 Å². The van der Waals surface area contributed by atoms with Crippen LogP contribution < -0.4 is 10.6 Å². The minimum absolute atomic E-state index is 0.109. The van der Waals surface area contributed by atoms with Crippen LogP contribution in [0.15, 0.2) is 48.5 Å². The fourth-order valence-electron chi connectivity index (χ4n) is 3.38. The molecule has 0 aliphatic carbocycles. The second kappa shape index (κ2) is 11.1. The van der Waals surface area contributed by atoms with E-state index >= 15 is 0 Å². The third-order valence-electron chi connectivity index (χ3n) is 5.22. The van der Waals surface area contributed by atoms with Gasteiger partial charge in [0.05, 0.1) is 6.10 Å². The average molecular weight is 430 g/mol. The van der Waals surface area contributed by atoms with Gasteiger partial charge in [0.15, 0.2) is 0 Å². The number of carbonyl (C=O) groups excluding carboxylic acids is 2. The van der Waals surface area contributed by atoms with E-state index in [0.717, 1.165) is 38.0 Å². The summed E-state index contributed by atoms with van der Waals surface area (Å²) < 4.78 is 0. The number of halogens is 1. The molecule has 7 heteroatoms. The topological polar surface area (TPSA) is 81.7 Å². The summed E-state index contributed by atoms with van der Waals surface area (Å²) >= 11 is 5.81. The van der Waals surface area contributed by atoms with Crippen molar-refractivity contribution in [2.75, 3.05) is 19.6 Å². The number of amides is 2. The van der Waals surface area contributed by atoms with Gasteiger partial charge in [-0.05, 0) is 48.2 Å². The molecule has 0 atom stereocenters. The molecule has 3 N–H and O–H groups in total. The van der Waals surface area contributed by atoms with Crippen LogP contribution in [0.2, 0.25) is 5.02 Å². The summed E-state index contributed by atoms with van der Waals surface area (Å²) in [6, 6.07) is 14.8. The summed E-state index contributed by atoms with van der Waals surface area (Å²) in [7, 11) is 0. The number of hydrogen-bond donors (Lipinski definition) is 3. The molecule has 2 aromatic carbocycles. The monoisotopic (exact) mass is 429 g/mol. The molecule has 30 heavy (non-hydrogen) atoms. The molecule has 0 bridgehead atoms. The number of nitrogens with zero attached hydrogens (tertiary/aromatic N) is 1. The van der Waals surface area contributed by atoms with Crippen LogP contribution in [0.3, 0.4) is 0 Å². The zero-order valence-electron chi connectivity index (χ0n) is 16.9. The van der Waals surface area contributed by atoms with Gasteiger partial charge in [-0.3, -0.25) is 14.5 Å². The molecule has 160 valence electrons. The molecule has 1 saturated heterocycles. The fourth-order valence-corrected chi connectivity index (χ4v) is 3.51. The molecule has 2 aromatic rings. The summed E-state index contributed by atoms with van der Waals surface area (Å²) in [5.74, 6) is -0.333. The molecule has 2 amide bonds. The molecule has 0 unspecified atom stereocenters. The normalized spacial score (nSPS) is 15.0. The maximum atomic E-state index is 12.0.